The summed E-state index contributed by atoms with van der Waals surface area (Å²) in [6, 6.07) is 9.17. The number of nitrogens with one attached hydrogen (secondary N) is 1. The number of ether oxygens (including phenoxy) is 1. The van der Waals surface area contributed by atoms with E-state index in [9.17, 15) is 31.1 Å². The number of carbonyl (C=O) groups excluding carboxylic acids is 1. The van der Waals surface area contributed by atoms with Crippen LogP contribution in [0.5, 0.6) is 5.75 Å². The quantitative estimate of drug-likeness (QED) is 0.295. The summed E-state index contributed by atoms with van der Waals surface area (Å²) in [5.74, 6) is -4.82. The van der Waals surface area contributed by atoms with Crippen LogP contribution in [0.4, 0.5) is 26.3 Å². The van der Waals surface area contributed by atoms with Crippen LogP contribution in [-0.4, -0.2) is 66.1 Å². The molecular weight excluding hydrogens is 444 g/mol. The van der Waals surface area contributed by atoms with E-state index in [1.54, 1.807) is 0 Å². The van der Waals surface area contributed by atoms with E-state index in [-0.39, 0.29) is 18.4 Å². The Morgan fingerprint density at radius 3 is 1.74 bits per heavy atom. The van der Waals surface area contributed by atoms with Crippen molar-refractivity contribution < 1.29 is 55.7 Å². The molecule has 0 spiro atoms. The number of carboxylic acids is 2. The van der Waals surface area contributed by atoms with Crippen LogP contribution < -0.4 is 21.5 Å². The number of hydrogen-bond acceptors (Lipinski definition) is 6. The number of carboxylic acid groups (broad SMARTS) is 2. The summed E-state index contributed by atoms with van der Waals surface area (Å²) in [4.78, 5) is 29.1. The van der Waals surface area contributed by atoms with Crippen LogP contribution in [0.3, 0.4) is 0 Å². The summed E-state index contributed by atoms with van der Waals surface area (Å²) < 4.78 is 68.9. The van der Waals surface area contributed by atoms with Gasteiger partial charge in [-0.1, -0.05) is 18.2 Å². The van der Waals surface area contributed by atoms with Crippen molar-refractivity contribution in [1.82, 2.24) is 5.32 Å². The second kappa shape index (κ2) is 14.8. The van der Waals surface area contributed by atoms with Crippen LogP contribution in [0.2, 0.25) is 0 Å². The average Bonchev–Trinajstić information content (AvgIpc) is 2.65. The standard InChI is InChI=1S/C12H19N3O2.2C2HF3O2/c13-9-10(14)8-12(16)15-6-7-17-11-4-2-1-3-5-11;2*3-2(4,5)1(6)7/h1-5,10H,6-9,13-14H2,(H,15,16);2*(H,6,7). The second-order valence-electron chi connectivity index (χ2n) is 5.32. The summed E-state index contributed by atoms with van der Waals surface area (Å²) in [5.41, 5.74) is 10.9. The lowest BCUT2D eigenvalue weighted by Gasteiger charge is -2.10. The zero-order valence-corrected chi connectivity index (χ0v) is 15.7. The van der Waals surface area contributed by atoms with E-state index in [2.05, 4.69) is 5.32 Å². The van der Waals surface area contributed by atoms with Gasteiger partial charge in [-0.25, -0.2) is 9.59 Å². The van der Waals surface area contributed by atoms with E-state index < -0.39 is 24.3 Å². The van der Waals surface area contributed by atoms with Gasteiger partial charge in [-0.3, -0.25) is 4.79 Å². The Balaban J connectivity index is 0. The molecule has 0 aromatic heterocycles. The average molecular weight is 465 g/mol. The molecule has 0 fully saturated rings. The van der Waals surface area contributed by atoms with E-state index >= 15 is 0 Å². The molecule has 1 rings (SSSR count). The van der Waals surface area contributed by atoms with Crippen LogP contribution in [0.15, 0.2) is 30.3 Å². The normalized spacial score (nSPS) is 11.6. The first-order valence-corrected chi connectivity index (χ1v) is 8.11. The van der Waals surface area contributed by atoms with Crippen molar-refractivity contribution in [3.05, 3.63) is 30.3 Å². The van der Waals surface area contributed by atoms with Gasteiger partial charge in [0.2, 0.25) is 5.91 Å². The minimum atomic E-state index is -5.08. The fraction of sp³-hybridized carbons (Fsp3) is 0.438. The molecule has 1 atom stereocenters. The predicted molar refractivity (Wildman–Crippen MR) is 94.0 cm³/mol. The Morgan fingerprint density at radius 1 is 0.968 bits per heavy atom. The van der Waals surface area contributed by atoms with Crippen molar-refractivity contribution in [3.63, 3.8) is 0 Å². The maximum Gasteiger partial charge on any atom is 0.490 e. The molecule has 15 heteroatoms. The van der Waals surface area contributed by atoms with E-state index in [0.717, 1.165) is 5.75 Å². The Labute approximate surface area is 172 Å². The first-order chi connectivity index (χ1) is 14.1. The highest BCUT2D eigenvalue weighted by atomic mass is 19.4. The molecule has 0 aliphatic heterocycles. The lowest BCUT2D eigenvalue weighted by atomic mass is 10.2. The smallest absolute Gasteiger partial charge is 0.490 e. The van der Waals surface area contributed by atoms with Crippen molar-refractivity contribution in [2.24, 2.45) is 11.5 Å². The van der Waals surface area contributed by atoms with Gasteiger partial charge >= 0.3 is 24.3 Å². The summed E-state index contributed by atoms with van der Waals surface area (Å²) >= 11 is 0. The van der Waals surface area contributed by atoms with Crippen molar-refractivity contribution in [2.75, 3.05) is 19.7 Å². The predicted octanol–water partition coefficient (Wildman–Crippen LogP) is 1.12. The molecule has 0 aliphatic rings. The first-order valence-electron chi connectivity index (χ1n) is 8.11. The van der Waals surface area contributed by atoms with Crippen molar-refractivity contribution in [3.8, 4) is 5.75 Å². The van der Waals surface area contributed by atoms with E-state index in [4.69, 9.17) is 36.0 Å². The number of para-hydroxylation sites is 1. The number of amides is 1. The van der Waals surface area contributed by atoms with Gasteiger partial charge in [-0.2, -0.15) is 26.3 Å². The van der Waals surface area contributed by atoms with Gasteiger partial charge < -0.3 is 31.7 Å². The van der Waals surface area contributed by atoms with E-state index in [1.165, 1.54) is 0 Å². The summed E-state index contributed by atoms with van der Waals surface area (Å²) in [6.07, 6.45) is -9.91. The van der Waals surface area contributed by atoms with E-state index in [0.29, 0.717) is 19.7 Å². The van der Waals surface area contributed by atoms with Gasteiger partial charge in [0.05, 0.1) is 6.54 Å². The molecule has 9 nitrogen and oxygen atoms in total. The lowest BCUT2D eigenvalue weighted by molar-refractivity contribution is -0.193. The number of alkyl halides is 6. The van der Waals surface area contributed by atoms with Crippen molar-refractivity contribution in [1.29, 1.82) is 0 Å². The number of aliphatic carboxylic acids is 2. The highest BCUT2D eigenvalue weighted by Gasteiger charge is 2.38. The maximum atomic E-state index is 11.3. The third kappa shape index (κ3) is 18.7. The molecule has 0 bridgehead atoms. The van der Waals surface area contributed by atoms with Crippen molar-refractivity contribution in [2.45, 2.75) is 24.8 Å². The molecule has 0 saturated heterocycles. The molecule has 0 radical (unpaired) electrons. The summed E-state index contributed by atoms with van der Waals surface area (Å²) in [7, 11) is 0. The van der Waals surface area contributed by atoms with Crippen LogP contribution in [0, 0.1) is 0 Å². The maximum absolute atomic E-state index is 11.3. The van der Waals surface area contributed by atoms with Gasteiger partial charge in [0.15, 0.2) is 0 Å². The molecule has 0 saturated carbocycles. The highest BCUT2D eigenvalue weighted by molar-refractivity contribution is 5.76. The van der Waals surface area contributed by atoms with Crippen molar-refractivity contribution >= 4 is 17.8 Å². The number of rotatable bonds is 7. The molecule has 0 heterocycles. The SMILES string of the molecule is NCC(N)CC(=O)NCCOc1ccccc1.O=C(O)C(F)(F)F.O=C(O)C(F)(F)F. The molecule has 1 aromatic carbocycles. The molecule has 1 amide bonds. The van der Waals surface area contributed by atoms with Crippen LogP contribution in [-0.2, 0) is 14.4 Å². The largest absolute Gasteiger partial charge is 0.492 e. The number of hydrogen-bond donors (Lipinski definition) is 5. The first kappa shape index (κ1) is 30.1. The highest BCUT2D eigenvalue weighted by Crippen LogP contribution is 2.13. The third-order valence-corrected chi connectivity index (χ3v) is 2.67. The van der Waals surface area contributed by atoms with Gasteiger partial charge in [0, 0.05) is 19.0 Å². The Kier molecular flexibility index (Phi) is 14.4. The zero-order chi connectivity index (χ0) is 24.7. The summed E-state index contributed by atoms with van der Waals surface area (Å²) in [5, 5.41) is 17.0. The molecule has 0 aliphatic carbocycles. The minimum Gasteiger partial charge on any atom is -0.492 e. The number of nitrogens with two attached hydrogens (primary N) is 2. The monoisotopic (exact) mass is 465 g/mol. The fourth-order valence-corrected chi connectivity index (χ4v) is 1.27. The van der Waals surface area contributed by atoms with Crippen LogP contribution in [0.1, 0.15) is 6.42 Å². The Morgan fingerprint density at radius 2 is 1.39 bits per heavy atom. The van der Waals surface area contributed by atoms with Gasteiger partial charge in [0.1, 0.15) is 12.4 Å². The third-order valence-electron chi connectivity index (χ3n) is 2.67. The van der Waals surface area contributed by atoms with Crippen LogP contribution in [0.25, 0.3) is 0 Å². The fourth-order valence-electron chi connectivity index (χ4n) is 1.27. The van der Waals surface area contributed by atoms with Crippen LogP contribution >= 0.6 is 0 Å². The molecule has 1 unspecified atom stereocenters. The Bertz CT molecular complexity index is 646. The molecular formula is C16H21F6N3O6. The van der Waals surface area contributed by atoms with Gasteiger partial charge in [-0.15, -0.1) is 0 Å². The Hall–Kier alpha value is -3.07. The molecule has 31 heavy (non-hydrogen) atoms. The minimum absolute atomic E-state index is 0.0976. The van der Waals surface area contributed by atoms with E-state index in [1.807, 2.05) is 30.3 Å². The van der Waals surface area contributed by atoms with Gasteiger partial charge in [0.25, 0.3) is 0 Å². The molecule has 7 N–H and O–H groups in total. The zero-order valence-electron chi connectivity index (χ0n) is 15.7. The second-order valence-corrected chi connectivity index (χ2v) is 5.32. The molecule has 178 valence electrons. The number of benzene rings is 1. The number of halogens is 6. The lowest BCUT2D eigenvalue weighted by Crippen LogP contribution is -2.37. The summed E-state index contributed by atoms with van der Waals surface area (Å²) in [6.45, 7) is 1.21. The number of carbonyl (C=O) groups is 3. The van der Waals surface area contributed by atoms with Gasteiger partial charge in [-0.05, 0) is 12.1 Å². The topological polar surface area (TPSA) is 165 Å². The molecule has 1 aromatic rings.